The van der Waals surface area contributed by atoms with Gasteiger partial charge in [-0.2, -0.15) is 0 Å². The summed E-state index contributed by atoms with van der Waals surface area (Å²) in [4.78, 5) is 52.7. The van der Waals surface area contributed by atoms with Crippen molar-refractivity contribution >= 4 is 23.7 Å². The van der Waals surface area contributed by atoms with Gasteiger partial charge in [0.05, 0.1) is 24.4 Å². The fraction of sp³-hybridized carbons (Fsp3) is 0.714. The van der Waals surface area contributed by atoms with Gasteiger partial charge in [0.2, 0.25) is 0 Å². The first kappa shape index (κ1) is 24.6. The molecule has 1 spiro atoms. The van der Waals surface area contributed by atoms with E-state index in [0.717, 1.165) is 5.56 Å². The molecule has 5 fully saturated rings. The van der Waals surface area contributed by atoms with Crippen molar-refractivity contribution < 1.29 is 42.5 Å². The number of ketones is 1. The largest absolute Gasteiger partial charge is 0.472 e. The highest BCUT2D eigenvalue weighted by atomic mass is 16.7. The van der Waals surface area contributed by atoms with Crippen molar-refractivity contribution in [2.24, 2.45) is 28.1 Å². The van der Waals surface area contributed by atoms with Gasteiger partial charge in [0.25, 0.3) is 0 Å². The van der Waals surface area contributed by atoms with Crippen LogP contribution in [0.2, 0.25) is 0 Å². The number of hydrogen-bond donors (Lipinski definition) is 0. The molecule has 0 amide bonds. The molecule has 37 heavy (non-hydrogen) atoms. The Kier molecular flexibility index (Phi) is 4.82. The summed E-state index contributed by atoms with van der Waals surface area (Å²) in [6.45, 7) is 11.0. The molecule has 2 aliphatic carbocycles. The molecule has 3 aliphatic heterocycles. The first-order chi connectivity index (χ1) is 17.2. The summed E-state index contributed by atoms with van der Waals surface area (Å²) in [5, 5.41) is 0. The summed E-state index contributed by atoms with van der Waals surface area (Å²) < 4.78 is 29.3. The lowest BCUT2D eigenvalue weighted by Crippen LogP contribution is -2.72. The van der Waals surface area contributed by atoms with E-state index < -0.39 is 63.7 Å². The van der Waals surface area contributed by atoms with Crippen molar-refractivity contribution in [2.45, 2.75) is 96.7 Å². The third kappa shape index (κ3) is 2.79. The Morgan fingerprint density at radius 1 is 1.03 bits per heavy atom. The van der Waals surface area contributed by atoms with E-state index in [4.69, 9.17) is 23.4 Å². The Morgan fingerprint density at radius 2 is 1.76 bits per heavy atom. The lowest BCUT2D eigenvalue weighted by molar-refractivity contribution is -0.234. The average molecular weight is 515 g/mol. The smallest absolute Gasteiger partial charge is 0.339 e. The number of cyclic esters (lactones) is 2. The van der Waals surface area contributed by atoms with E-state index in [1.54, 1.807) is 12.3 Å². The molecule has 9 atom stereocenters. The highest BCUT2D eigenvalue weighted by Crippen LogP contribution is 2.78. The molecule has 0 bridgehead atoms. The predicted molar refractivity (Wildman–Crippen MR) is 126 cm³/mol. The zero-order chi connectivity index (χ0) is 26.8. The predicted octanol–water partition coefficient (Wildman–Crippen LogP) is 3.69. The lowest BCUT2D eigenvalue weighted by Gasteiger charge is -2.66. The van der Waals surface area contributed by atoms with E-state index in [0.29, 0.717) is 12.8 Å². The Hall–Kier alpha value is -2.68. The second kappa shape index (κ2) is 7.24. The van der Waals surface area contributed by atoms with Gasteiger partial charge >= 0.3 is 17.9 Å². The molecular weight excluding hydrogens is 480 g/mol. The minimum Gasteiger partial charge on any atom is -0.472 e. The monoisotopic (exact) mass is 514 g/mol. The molecule has 0 radical (unpaired) electrons. The van der Waals surface area contributed by atoms with Crippen LogP contribution in [0.3, 0.4) is 0 Å². The minimum atomic E-state index is -1.09. The zero-order valence-electron chi connectivity index (χ0n) is 22.1. The molecular formula is C28H34O9. The summed E-state index contributed by atoms with van der Waals surface area (Å²) in [6, 6.07) is 1.78. The van der Waals surface area contributed by atoms with Crippen molar-refractivity contribution in [3.05, 3.63) is 24.2 Å². The molecule has 2 saturated carbocycles. The summed E-state index contributed by atoms with van der Waals surface area (Å²) in [7, 11) is 0. The van der Waals surface area contributed by atoms with E-state index in [1.807, 2.05) is 34.6 Å². The fourth-order valence-corrected chi connectivity index (χ4v) is 9.24. The fourth-order valence-electron chi connectivity index (χ4n) is 9.24. The Morgan fingerprint density at radius 3 is 2.41 bits per heavy atom. The lowest BCUT2D eigenvalue weighted by atomic mass is 9.37. The number of carbonyl (C=O) groups is 4. The van der Waals surface area contributed by atoms with E-state index in [2.05, 4.69) is 0 Å². The highest BCUT2D eigenvalue weighted by molar-refractivity contribution is 5.93. The van der Waals surface area contributed by atoms with Crippen molar-refractivity contribution in [1.82, 2.24) is 0 Å². The highest BCUT2D eigenvalue weighted by Gasteiger charge is 2.88. The number of esters is 3. The van der Waals surface area contributed by atoms with Crippen LogP contribution in [0.5, 0.6) is 0 Å². The molecule has 1 aromatic rings. The third-order valence-corrected chi connectivity index (χ3v) is 10.8. The molecule has 9 nitrogen and oxygen atoms in total. The number of Topliss-reactive ketones (excluding diaryl/α,β-unsaturated/α-hetero) is 1. The van der Waals surface area contributed by atoms with Gasteiger partial charge in [0.15, 0.2) is 6.10 Å². The van der Waals surface area contributed by atoms with Gasteiger partial charge in [0, 0.05) is 35.7 Å². The molecule has 6 rings (SSSR count). The maximum Gasteiger partial charge on any atom is 0.339 e. The van der Waals surface area contributed by atoms with Crippen molar-refractivity contribution in [3.63, 3.8) is 0 Å². The van der Waals surface area contributed by atoms with E-state index in [9.17, 15) is 19.2 Å². The minimum absolute atomic E-state index is 0.0263. The van der Waals surface area contributed by atoms with Gasteiger partial charge in [-0.25, -0.2) is 4.79 Å². The summed E-state index contributed by atoms with van der Waals surface area (Å²) in [5.41, 5.74) is -3.88. The van der Waals surface area contributed by atoms with Crippen LogP contribution in [0.25, 0.3) is 0 Å². The van der Waals surface area contributed by atoms with Crippen molar-refractivity contribution in [2.75, 3.05) is 0 Å². The Bertz CT molecular complexity index is 1200. The second-order valence-corrected chi connectivity index (χ2v) is 12.7. The van der Waals surface area contributed by atoms with Gasteiger partial charge in [0.1, 0.15) is 29.2 Å². The molecule has 0 N–H and O–H groups in total. The number of hydrogen-bond acceptors (Lipinski definition) is 9. The van der Waals surface area contributed by atoms with E-state index >= 15 is 0 Å². The molecule has 3 unspecified atom stereocenters. The molecule has 1 aromatic heterocycles. The van der Waals surface area contributed by atoms with Crippen LogP contribution in [-0.4, -0.2) is 47.1 Å². The molecule has 3 saturated heterocycles. The maximum absolute atomic E-state index is 14.4. The van der Waals surface area contributed by atoms with E-state index in [-0.39, 0.29) is 30.5 Å². The number of rotatable bonds is 2. The zero-order valence-corrected chi connectivity index (χ0v) is 22.1. The van der Waals surface area contributed by atoms with Crippen LogP contribution in [-0.2, 0) is 38.1 Å². The van der Waals surface area contributed by atoms with Gasteiger partial charge in [-0.1, -0.05) is 13.8 Å². The molecule has 200 valence electrons. The SMILES string of the molecule is CC(=O)OC1CC(=O)OC(C)(C)[C@H]2CC(=O)[C@]3(C)[C@@H](CC[C@@]4(C)C(c5ccoc5)OC(=O)C5O[C@]543)[C@@]12C. The number of ether oxygens (including phenoxy) is 4. The molecule has 5 aliphatic rings. The standard InChI is InChI=1S/C28H34O9/c1-14(29)34-19-12-20(31)36-24(2,3)17-11-18(30)27(6)16(26(17,19)5)7-9-25(4)21(15-8-10-33-13-15)35-23(32)22-28(25,27)37-22/h8,10,13,16-17,19,21-22H,7,9,11-12H2,1-6H3/t16-,17+,19?,21?,22?,25-,26+,27-,28+/m0/s1. The maximum atomic E-state index is 14.4. The van der Waals surface area contributed by atoms with Gasteiger partial charge in [-0.15, -0.1) is 0 Å². The van der Waals surface area contributed by atoms with Crippen LogP contribution in [0.15, 0.2) is 23.0 Å². The number of epoxide rings is 1. The summed E-state index contributed by atoms with van der Waals surface area (Å²) in [5.74, 6) is -2.18. The molecule has 9 heteroatoms. The number of fused-ring (bicyclic) bond motifs is 3. The average Bonchev–Trinajstić information content (AvgIpc) is 3.38. The second-order valence-electron chi connectivity index (χ2n) is 12.7. The number of carbonyl (C=O) groups excluding carboxylic acids is 4. The Balaban J connectivity index is 1.54. The van der Waals surface area contributed by atoms with Crippen LogP contribution in [0.4, 0.5) is 0 Å². The third-order valence-electron chi connectivity index (χ3n) is 10.8. The van der Waals surface area contributed by atoms with Gasteiger partial charge < -0.3 is 23.4 Å². The van der Waals surface area contributed by atoms with Gasteiger partial charge in [-0.3, -0.25) is 14.4 Å². The Labute approximate surface area is 215 Å². The topological polar surface area (TPSA) is 122 Å². The molecule has 4 heterocycles. The van der Waals surface area contributed by atoms with Crippen LogP contribution >= 0.6 is 0 Å². The normalized spacial score (nSPS) is 47.7. The first-order valence-corrected chi connectivity index (χ1v) is 13.1. The van der Waals surface area contributed by atoms with Gasteiger partial charge in [-0.05, 0) is 45.6 Å². The van der Waals surface area contributed by atoms with Crippen molar-refractivity contribution in [1.29, 1.82) is 0 Å². The summed E-state index contributed by atoms with van der Waals surface area (Å²) in [6.07, 6.45) is 2.06. The van der Waals surface area contributed by atoms with Crippen LogP contribution in [0.1, 0.15) is 78.9 Å². The summed E-state index contributed by atoms with van der Waals surface area (Å²) >= 11 is 0. The van der Waals surface area contributed by atoms with Crippen LogP contribution < -0.4 is 0 Å². The quantitative estimate of drug-likeness (QED) is 0.330. The van der Waals surface area contributed by atoms with E-state index in [1.165, 1.54) is 13.2 Å². The number of furan rings is 1. The molecule has 0 aromatic carbocycles. The van der Waals surface area contributed by atoms with Crippen molar-refractivity contribution in [3.8, 4) is 0 Å². The first-order valence-electron chi connectivity index (χ1n) is 13.1. The van der Waals surface area contributed by atoms with Crippen LogP contribution in [0, 0.1) is 28.1 Å².